The van der Waals surface area contributed by atoms with Gasteiger partial charge in [-0.25, -0.2) is 4.39 Å². The minimum Gasteiger partial charge on any atom is -0.481 e. The molecular weight excluding hydrogens is 293 g/mol. The SMILES string of the molecule is O=C(O)CCN(Cc1cccc(F)c1Cl)c1ccccc1. The van der Waals surface area contributed by atoms with Gasteiger partial charge in [-0.2, -0.15) is 0 Å². The first-order chi connectivity index (χ1) is 10.1. The number of nitrogens with zero attached hydrogens (tertiary/aromatic N) is 1. The van der Waals surface area contributed by atoms with Crippen LogP contribution in [0.25, 0.3) is 0 Å². The maximum Gasteiger partial charge on any atom is 0.305 e. The fourth-order valence-corrected chi connectivity index (χ4v) is 2.23. The second kappa shape index (κ2) is 7.09. The number of benzene rings is 2. The summed E-state index contributed by atoms with van der Waals surface area (Å²) in [4.78, 5) is 12.7. The Bertz CT molecular complexity index is 619. The van der Waals surface area contributed by atoms with Crippen molar-refractivity contribution in [3.63, 3.8) is 0 Å². The molecule has 5 heteroatoms. The first-order valence-electron chi connectivity index (χ1n) is 6.52. The van der Waals surface area contributed by atoms with Crippen molar-refractivity contribution in [2.45, 2.75) is 13.0 Å². The van der Waals surface area contributed by atoms with Gasteiger partial charge in [0.1, 0.15) is 5.82 Å². The Morgan fingerprint density at radius 1 is 1.14 bits per heavy atom. The van der Waals surface area contributed by atoms with Gasteiger partial charge in [0.25, 0.3) is 0 Å². The quantitative estimate of drug-likeness (QED) is 0.878. The smallest absolute Gasteiger partial charge is 0.305 e. The zero-order chi connectivity index (χ0) is 15.2. The van der Waals surface area contributed by atoms with Crippen molar-refractivity contribution in [3.05, 3.63) is 64.9 Å². The highest BCUT2D eigenvalue weighted by Gasteiger charge is 2.13. The van der Waals surface area contributed by atoms with Crippen LogP contribution in [0.3, 0.4) is 0 Å². The fraction of sp³-hybridized carbons (Fsp3) is 0.188. The van der Waals surface area contributed by atoms with Crippen molar-refractivity contribution in [3.8, 4) is 0 Å². The minimum atomic E-state index is -0.874. The van der Waals surface area contributed by atoms with Gasteiger partial charge < -0.3 is 10.0 Å². The Labute approximate surface area is 127 Å². The Morgan fingerprint density at radius 2 is 1.86 bits per heavy atom. The monoisotopic (exact) mass is 307 g/mol. The predicted molar refractivity (Wildman–Crippen MR) is 81.2 cm³/mol. The summed E-state index contributed by atoms with van der Waals surface area (Å²) in [6.07, 6.45) is 0.00181. The van der Waals surface area contributed by atoms with E-state index in [1.54, 1.807) is 12.1 Å². The van der Waals surface area contributed by atoms with Crippen LogP contribution in [0, 0.1) is 5.82 Å². The molecule has 0 aliphatic carbocycles. The topological polar surface area (TPSA) is 40.5 Å². The summed E-state index contributed by atoms with van der Waals surface area (Å²) >= 11 is 5.97. The van der Waals surface area contributed by atoms with E-state index >= 15 is 0 Å². The molecule has 1 N–H and O–H groups in total. The van der Waals surface area contributed by atoms with Crippen molar-refractivity contribution in [2.24, 2.45) is 0 Å². The summed E-state index contributed by atoms with van der Waals surface area (Å²) in [6, 6.07) is 14.0. The van der Waals surface area contributed by atoms with Gasteiger partial charge in [-0.15, -0.1) is 0 Å². The Kier molecular flexibility index (Phi) is 5.17. The zero-order valence-corrected chi connectivity index (χ0v) is 12.1. The fourth-order valence-electron chi connectivity index (χ4n) is 2.05. The highest BCUT2D eigenvalue weighted by molar-refractivity contribution is 6.31. The van der Waals surface area contributed by atoms with E-state index in [0.717, 1.165) is 5.69 Å². The molecule has 0 aliphatic heterocycles. The van der Waals surface area contributed by atoms with Gasteiger partial charge in [-0.3, -0.25) is 4.79 Å². The van der Waals surface area contributed by atoms with Crippen LogP contribution in [-0.4, -0.2) is 17.6 Å². The molecule has 0 amide bonds. The van der Waals surface area contributed by atoms with Gasteiger partial charge in [0, 0.05) is 18.8 Å². The lowest BCUT2D eigenvalue weighted by molar-refractivity contribution is -0.136. The summed E-state index contributed by atoms with van der Waals surface area (Å²) in [6.45, 7) is 0.681. The molecule has 0 aromatic heterocycles. The summed E-state index contributed by atoms with van der Waals surface area (Å²) in [5.74, 6) is -1.35. The first-order valence-corrected chi connectivity index (χ1v) is 6.90. The molecule has 0 radical (unpaired) electrons. The molecular formula is C16H15ClFNO2. The Balaban J connectivity index is 2.23. The maximum atomic E-state index is 13.5. The van der Waals surface area contributed by atoms with Crippen molar-refractivity contribution in [1.82, 2.24) is 0 Å². The largest absolute Gasteiger partial charge is 0.481 e. The molecule has 2 aromatic carbocycles. The number of anilines is 1. The van der Waals surface area contributed by atoms with E-state index < -0.39 is 11.8 Å². The number of rotatable bonds is 6. The molecule has 0 saturated carbocycles. The predicted octanol–water partition coefficient (Wildman–Crippen LogP) is 3.96. The highest BCUT2D eigenvalue weighted by Crippen LogP contribution is 2.24. The number of para-hydroxylation sites is 1. The van der Waals surface area contributed by atoms with Crippen LogP contribution in [0.15, 0.2) is 48.5 Å². The molecule has 21 heavy (non-hydrogen) atoms. The van der Waals surface area contributed by atoms with Gasteiger partial charge in [-0.1, -0.05) is 41.9 Å². The van der Waals surface area contributed by atoms with Crippen LogP contribution in [0.4, 0.5) is 10.1 Å². The Hall–Kier alpha value is -2.07. The lowest BCUT2D eigenvalue weighted by Gasteiger charge is -2.25. The van der Waals surface area contributed by atoms with Gasteiger partial charge >= 0.3 is 5.97 Å². The van der Waals surface area contributed by atoms with E-state index in [4.69, 9.17) is 16.7 Å². The first kappa shape index (κ1) is 15.3. The minimum absolute atomic E-state index is 0.00181. The normalized spacial score (nSPS) is 10.4. The molecule has 0 unspecified atom stereocenters. The number of carboxylic acids is 1. The van der Waals surface area contributed by atoms with Crippen molar-refractivity contribution in [2.75, 3.05) is 11.4 Å². The number of aliphatic carboxylic acids is 1. The molecule has 2 aromatic rings. The number of halogens is 2. The lowest BCUT2D eigenvalue weighted by Crippen LogP contribution is -2.25. The molecule has 0 aliphatic rings. The van der Waals surface area contributed by atoms with Crippen LogP contribution in [0.1, 0.15) is 12.0 Å². The van der Waals surface area contributed by atoms with Crippen LogP contribution in [0.5, 0.6) is 0 Å². The molecule has 2 rings (SSSR count). The number of carbonyl (C=O) groups is 1. The highest BCUT2D eigenvalue weighted by atomic mass is 35.5. The average Bonchev–Trinajstić information content (AvgIpc) is 2.48. The van der Waals surface area contributed by atoms with E-state index in [1.807, 2.05) is 35.2 Å². The van der Waals surface area contributed by atoms with E-state index in [9.17, 15) is 9.18 Å². The number of hydrogen-bond acceptors (Lipinski definition) is 2. The molecule has 3 nitrogen and oxygen atoms in total. The van der Waals surface area contributed by atoms with Gasteiger partial charge in [-0.05, 0) is 23.8 Å². The Morgan fingerprint density at radius 3 is 2.52 bits per heavy atom. The van der Waals surface area contributed by atoms with Gasteiger partial charge in [0.15, 0.2) is 0 Å². The standard InChI is InChI=1S/C16H15ClFNO2/c17-16-12(5-4-8-14(16)18)11-19(10-9-15(20)21)13-6-2-1-3-7-13/h1-8H,9-11H2,(H,20,21). The summed E-state index contributed by atoms with van der Waals surface area (Å²) in [5, 5.41) is 8.94. The van der Waals surface area contributed by atoms with Crippen molar-refractivity contribution >= 4 is 23.3 Å². The van der Waals surface area contributed by atoms with E-state index in [0.29, 0.717) is 18.7 Å². The van der Waals surface area contributed by atoms with Crippen LogP contribution < -0.4 is 4.90 Å². The summed E-state index contributed by atoms with van der Waals surface area (Å²) in [7, 11) is 0. The van der Waals surface area contributed by atoms with Crippen LogP contribution in [0.2, 0.25) is 5.02 Å². The zero-order valence-electron chi connectivity index (χ0n) is 11.3. The molecule has 0 heterocycles. The van der Waals surface area contributed by atoms with Crippen LogP contribution in [-0.2, 0) is 11.3 Å². The second-order valence-electron chi connectivity index (χ2n) is 4.61. The number of carboxylic acid groups (broad SMARTS) is 1. The molecule has 0 fully saturated rings. The van der Waals surface area contributed by atoms with E-state index in [2.05, 4.69) is 0 Å². The van der Waals surface area contributed by atoms with Crippen molar-refractivity contribution < 1.29 is 14.3 Å². The summed E-state index contributed by atoms with van der Waals surface area (Å²) in [5.41, 5.74) is 1.50. The third-order valence-corrected chi connectivity index (χ3v) is 3.53. The lowest BCUT2D eigenvalue weighted by atomic mass is 10.1. The van der Waals surface area contributed by atoms with Crippen molar-refractivity contribution in [1.29, 1.82) is 0 Å². The summed E-state index contributed by atoms with van der Waals surface area (Å²) < 4.78 is 13.5. The molecule has 0 spiro atoms. The van der Waals surface area contributed by atoms with E-state index in [1.165, 1.54) is 6.07 Å². The second-order valence-corrected chi connectivity index (χ2v) is 4.99. The molecule has 0 saturated heterocycles. The van der Waals surface area contributed by atoms with E-state index in [-0.39, 0.29) is 11.4 Å². The number of hydrogen-bond donors (Lipinski definition) is 1. The molecule has 0 bridgehead atoms. The van der Waals surface area contributed by atoms with Gasteiger partial charge in [0.05, 0.1) is 11.4 Å². The molecule has 0 atom stereocenters. The average molecular weight is 308 g/mol. The maximum absolute atomic E-state index is 13.5. The third kappa shape index (κ3) is 4.20. The molecule has 110 valence electrons. The third-order valence-electron chi connectivity index (χ3n) is 3.11. The van der Waals surface area contributed by atoms with Crippen LogP contribution >= 0.6 is 11.6 Å². The van der Waals surface area contributed by atoms with Gasteiger partial charge in [0.2, 0.25) is 0 Å².